The summed E-state index contributed by atoms with van der Waals surface area (Å²) in [6.07, 6.45) is 0.780. The summed E-state index contributed by atoms with van der Waals surface area (Å²) in [6, 6.07) is 5.84. The predicted octanol–water partition coefficient (Wildman–Crippen LogP) is 3.03. The van der Waals surface area contributed by atoms with Crippen LogP contribution < -0.4 is 9.47 Å². The van der Waals surface area contributed by atoms with E-state index >= 15 is 0 Å². The molecule has 1 aromatic carbocycles. The van der Waals surface area contributed by atoms with Gasteiger partial charge in [-0.2, -0.15) is 5.10 Å². The van der Waals surface area contributed by atoms with E-state index in [1.807, 2.05) is 42.2 Å². The van der Waals surface area contributed by atoms with E-state index in [-0.39, 0.29) is 0 Å². The largest absolute Gasteiger partial charge is 0.486 e. The number of fused-ring (bicyclic) bond motifs is 1. The molecule has 0 fully saturated rings. The fraction of sp³-hybridized carbons (Fsp3) is 0.312. The first-order valence-corrected chi connectivity index (χ1v) is 8.40. The first kappa shape index (κ1) is 14.2. The van der Waals surface area contributed by atoms with Gasteiger partial charge >= 0.3 is 0 Å². The van der Waals surface area contributed by atoms with Crippen LogP contribution in [-0.4, -0.2) is 33.0 Å². The number of rotatable bonds is 3. The molecule has 0 saturated carbocycles. The summed E-state index contributed by atoms with van der Waals surface area (Å²) in [7, 11) is 0. The van der Waals surface area contributed by atoms with E-state index in [1.165, 1.54) is 0 Å². The smallest absolute Gasteiger partial charge is 0.175 e. The first-order chi connectivity index (χ1) is 11.3. The Morgan fingerprint density at radius 2 is 2.04 bits per heavy atom. The fourth-order valence-corrected chi connectivity index (χ4v) is 3.29. The van der Waals surface area contributed by atoms with Gasteiger partial charge in [0.2, 0.25) is 0 Å². The van der Waals surface area contributed by atoms with E-state index in [0.717, 1.165) is 45.8 Å². The molecule has 0 bridgehead atoms. The molecule has 0 atom stereocenters. The van der Waals surface area contributed by atoms with Crippen LogP contribution in [0.25, 0.3) is 16.4 Å². The van der Waals surface area contributed by atoms with Gasteiger partial charge in [0.05, 0.1) is 21.8 Å². The Morgan fingerprint density at radius 1 is 1.22 bits per heavy atom. The maximum atomic E-state index is 5.68. The molecule has 0 unspecified atom stereocenters. The highest BCUT2D eigenvalue weighted by Gasteiger charge is 2.19. The molecule has 0 radical (unpaired) electrons. The second-order valence-electron chi connectivity index (χ2n) is 5.21. The zero-order valence-corrected chi connectivity index (χ0v) is 13.8. The first-order valence-electron chi connectivity index (χ1n) is 7.52. The average molecular weight is 328 g/mol. The molecule has 1 aliphatic rings. The summed E-state index contributed by atoms with van der Waals surface area (Å²) in [5, 5.41) is 4.63. The molecule has 0 amide bonds. The van der Waals surface area contributed by atoms with Crippen molar-refractivity contribution in [2.45, 2.75) is 20.3 Å². The van der Waals surface area contributed by atoms with Crippen LogP contribution in [-0.2, 0) is 6.42 Å². The summed E-state index contributed by atoms with van der Waals surface area (Å²) in [6.45, 7) is 5.18. The van der Waals surface area contributed by atoms with Crippen molar-refractivity contribution < 1.29 is 9.47 Å². The number of hydrogen-bond donors (Lipinski definition) is 0. The van der Waals surface area contributed by atoms with Crippen LogP contribution >= 0.6 is 11.3 Å². The van der Waals surface area contributed by atoms with Crippen LogP contribution in [0.1, 0.15) is 18.4 Å². The third kappa shape index (κ3) is 2.46. The fourth-order valence-electron chi connectivity index (χ4n) is 2.51. The Labute approximate surface area is 137 Å². The molecule has 6 nitrogen and oxygen atoms in total. The molecule has 3 heterocycles. The van der Waals surface area contributed by atoms with Crippen molar-refractivity contribution in [3.63, 3.8) is 0 Å². The minimum Gasteiger partial charge on any atom is -0.486 e. The van der Waals surface area contributed by atoms with Gasteiger partial charge < -0.3 is 9.47 Å². The van der Waals surface area contributed by atoms with Gasteiger partial charge in [0.15, 0.2) is 23.1 Å². The number of aromatic nitrogens is 4. The van der Waals surface area contributed by atoms with Gasteiger partial charge in [0, 0.05) is 12.5 Å². The van der Waals surface area contributed by atoms with Crippen molar-refractivity contribution in [2.24, 2.45) is 0 Å². The lowest BCUT2D eigenvalue weighted by Gasteiger charge is -2.19. The Kier molecular flexibility index (Phi) is 3.49. The van der Waals surface area contributed by atoms with Gasteiger partial charge in [-0.3, -0.25) is 0 Å². The summed E-state index contributed by atoms with van der Waals surface area (Å²) < 4.78 is 13.1. The highest BCUT2D eigenvalue weighted by Crippen LogP contribution is 2.34. The minimum atomic E-state index is 0.564. The van der Waals surface area contributed by atoms with Gasteiger partial charge in [0.1, 0.15) is 13.2 Å². The van der Waals surface area contributed by atoms with Gasteiger partial charge in [-0.15, -0.1) is 11.3 Å². The van der Waals surface area contributed by atoms with Crippen molar-refractivity contribution in [3.8, 4) is 27.9 Å². The molecule has 1 aliphatic heterocycles. The average Bonchev–Trinajstić information content (AvgIpc) is 3.20. The van der Waals surface area contributed by atoms with E-state index in [2.05, 4.69) is 15.1 Å². The quantitative estimate of drug-likeness (QED) is 0.739. The van der Waals surface area contributed by atoms with Crippen LogP contribution in [0.3, 0.4) is 0 Å². The van der Waals surface area contributed by atoms with Gasteiger partial charge in [-0.25, -0.2) is 14.6 Å². The van der Waals surface area contributed by atoms with E-state index in [4.69, 9.17) is 9.47 Å². The van der Waals surface area contributed by atoms with Crippen LogP contribution in [0.4, 0.5) is 0 Å². The zero-order chi connectivity index (χ0) is 15.8. The maximum absolute atomic E-state index is 5.68. The summed E-state index contributed by atoms with van der Waals surface area (Å²) in [5.74, 6) is 3.14. The number of aryl methyl sites for hydroxylation is 2. The molecule has 23 heavy (non-hydrogen) atoms. The van der Waals surface area contributed by atoms with Crippen LogP contribution in [0.5, 0.6) is 11.5 Å². The van der Waals surface area contributed by atoms with E-state index in [1.54, 1.807) is 11.3 Å². The van der Waals surface area contributed by atoms with Crippen LogP contribution in [0.15, 0.2) is 23.7 Å². The number of nitrogens with zero attached hydrogens (tertiary/aromatic N) is 4. The summed E-state index contributed by atoms with van der Waals surface area (Å²) >= 11 is 1.57. The molecule has 2 aromatic heterocycles. The third-order valence-electron chi connectivity index (χ3n) is 3.69. The highest BCUT2D eigenvalue weighted by atomic mass is 32.1. The summed E-state index contributed by atoms with van der Waals surface area (Å²) in [5.41, 5.74) is 3.70. The lowest BCUT2D eigenvalue weighted by Crippen LogP contribution is -2.15. The van der Waals surface area contributed by atoms with E-state index in [0.29, 0.717) is 13.2 Å². The van der Waals surface area contributed by atoms with Crippen LogP contribution in [0, 0.1) is 6.92 Å². The van der Waals surface area contributed by atoms with Crippen molar-refractivity contribution in [2.75, 3.05) is 13.2 Å². The number of benzene rings is 1. The van der Waals surface area contributed by atoms with E-state index in [9.17, 15) is 0 Å². The number of thiazole rings is 1. The molecular formula is C16H16N4O2S. The van der Waals surface area contributed by atoms with Crippen molar-refractivity contribution in [3.05, 3.63) is 35.2 Å². The van der Waals surface area contributed by atoms with Crippen molar-refractivity contribution in [1.82, 2.24) is 19.7 Å². The second-order valence-corrected chi connectivity index (χ2v) is 6.07. The minimum absolute atomic E-state index is 0.564. The molecule has 118 valence electrons. The highest BCUT2D eigenvalue weighted by molar-refractivity contribution is 7.13. The molecule has 0 N–H and O–H groups in total. The molecule has 4 rings (SSSR count). The standard InChI is InChI=1S/C16H16N4O2S/c1-3-14-18-16(15-10(2)17-9-23-15)20(19-14)11-4-5-12-13(8-11)22-7-6-21-12/h4-5,8-9H,3,6-7H2,1-2H3. The molecule has 3 aromatic rings. The second kappa shape index (κ2) is 5.66. The lowest BCUT2D eigenvalue weighted by atomic mass is 10.2. The Balaban J connectivity index is 1.85. The number of hydrogen-bond acceptors (Lipinski definition) is 6. The van der Waals surface area contributed by atoms with Gasteiger partial charge in [-0.05, 0) is 19.1 Å². The molecule has 0 saturated heterocycles. The lowest BCUT2D eigenvalue weighted by molar-refractivity contribution is 0.171. The Morgan fingerprint density at radius 3 is 2.78 bits per heavy atom. The van der Waals surface area contributed by atoms with Crippen LogP contribution in [0.2, 0.25) is 0 Å². The van der Waals surface area contributed by atoms with Gasteiger partial charge in [-0.1, -0.05) is 6.92 Å². The topological polar surface area (TPSA) is 62.1 Å². The summed E-state index contributed by atoms with van der Waals surface area (Å²) in [4.78, 5) is 10.0. The SMILES string of the molecule is CCc1nc(-c2scnc2C)n(-c2ccc3c(c2)OCCO3)n1. The molecule has 0 spiro atoms. The normalized spacial score (nSPS) is 13.3. The zero-order valence-electron chi connectivity index (χ0n) is 12.9. The van der Waals surface area contributed by atoms with E-state index < -0.39 is 0 Å². The molecule has 0 aliphatic carbocycles. The Bertz CT molecular complexity index is 856. The molecular weight excluding hydrogens is 312 g/mol. The van der Waals surface area contributed by atoms with Gasteiger partial charge in [0.25, 0.3) is 0 Å². The van der Waals surface area contributed by atoms with Crippen molar-refractivity contribution in [1.29, 1.82) is 0 Å². The van der Waals surface area contributed by atoms with Crippen molar-refractivity contribution >= 4 is 11.3 Å². The molecule has 7 heteroatoms. The monoisotopic (exact) mass is 328 g/mol. The number of ether oxygens (including phenoxy) is 2. The predicted molar refractivity (Wildman–Crippen MR) is 87.6 cm³/mol. The third-order valence-corrected chi connectivity index (χ3v) is 4.61. The maximum Gasteiger partial charge on any atom is 0.175 e. The Hall–Kier alpha value is -2.41.